The molecule has 25 heavy (non-hydrogen) atoms. The van der Waals surface area contributed by atoms with E-state index in [1.54, 1.807) is 0 Å². The number of hydrogen-bond donors (Lipinski definition) is 3. The van der Waals surface area contributed by atoms with Crippen LogP contribution < -0.4 is 16.0 Å². The van der Waals surface area contributed by atoms with Gasteiger partial charge < -0.3 is 16.0 Å². The van der Waals surface area contributed by atoms with Crippen LogP contribution in [-0.2, 0) is 0 Å². The number of aliphatic imine (C=N–C) groups is 1. The van der Waals surface area contributed by atoms with Crippen molar-refractivity contribution in [3.8, 4) is 0 Å². The van der Waals surface area contributed by atoms with Crippen LogP contribution in [0, 0.1) is 5.92 Å². The van der Waals surface area contributed by atoms with E-state index in [0.29, 0.717) is 18.0 Å². The fourth-order valence-corrected chi connectivity index (χ4v) is 2.30. The Hall–Kier alpha value is -1.31. The van der Waals surface area contributed by atoms with Gasteiger partial charge in [0.05, 0.1) is 0 Å². The van der Waals surface area contributed by atoms with Crippen molar-refractivity contribution < 1.29 is 4.79 Å². The number of carbonyl (C=O) groups excluding carboxylic acids is 1. The van der Waals surface area contributed by atoms with E-state index in [9.17, 15) is 4.79 Å². The highest BCUT2D eigenvalue weighted by atomic mass is 127. The maximum Gasteiger partial charge on any atom is 0.251 e. The van der Waals surface area contributed by atoms with Crippen LogP contribution in [0.2, 0.25) is 0 Å². The van der Waals surface area contributed by atoms with Gasteiger partial charge in [-0.05, 0) is 31.4 Å². The first-order valence-electron chi connectivity index (χ1n) is 9.06. The van der Waals surface area contributed by atoms with Crippen LogP contribution in [-0.4, -0.2) is 38.0 Å². The Bertz CT molecular complexity index is 489. The Kier molecular flexibility index (Phi) is 14.2. The first kappa shape index (κ1) is 23.7. The average molecular weight is 460 g/mol. The Morgan fingerprint density at radius 1 is 1.00 bits per heavy atom. The molecule has 0 heterocycles. The van der Waals surface area contributed by atoms with Crippen molar-refractivity contribution in [1.29, 1.82) is 0 Å². The minimum Gasteiger partial charge on any atom is -0.357 e. The zero-order valence-electron chi connectivity index (χ0n) is 15.7. The lowest BCUT2D eigenvalue weighted by molar-refractivity contribution is 0.0953. The summed E-state index contributed by atoms with van der Waals surface area (Å²) in [7, 11) is 0. The van der Waals surface area contributed by atoms with Crippen LogP contribution in [0.15, 0.2) is 35.3 Å². The van der Waals surface area contributed by atoms with Gasteiger partial charge in [0.1, 0.15) is 0 Å². The highest BCUT2D eigenvalue weighted by Crippen LogP contribution is 2.07. The second-order valence-corrected chi connectivity index (χ2v) is 5.80. The lowest BCUT2D eigenvalue weighted by Gasteiger charge is -2.14. The number of nitrogens with zero attached hydrogens (tertiary/aromatic N) is 1. The number of benzene rings is 1. The molecule has 0 aromatic heterocycles. The van der Waals surface area contributed by atoms with E-state index in [4.69, 9.17) is 0 Å². The van der Waals surface area contributed by atoms with E-state index in [1.165, 1.54) is 0 Å². The van der Waals surface area contributed by atoms with E-state index in [2.05, 4.69) is 41.7 Å². The molecule has 0 saturated heterocycles. The minimum absolute atomic E-state index is 0. The van der Waals surface area contributed by atoms with Gasteiger partial charge >= 0.3 is 0 Å². The van der Waals surface area contributed by atoms with Crippen molar-refractivity contribution in [2.45, 2.75) is 40.0 Å². The summed E-state index contributed by atoms with van der Waals surface area (Å²) in [5, 5.41) is 9.52. The van der Waals surface area contributed by atoms with E-state index >= 15 is 0 Å². The van der Waals surface area contributed by atoms with Crippen molar-refractivity contribution in [1.82, 2.24) is 16.0 Å². The summed E-state index contributed by atoms with van der Waals surface area (Å²) in [5.74, 6) is 1.48. The van der Waals surface area contributed by atoms with E-state index < -0.39 is 0 Å². The van der Waals surface area contributed by atoms with E-state index in [0.717, 1.165) is 44.9 Å². The van der Waals surface area contributed by atoms with Crippen LogP contribution in [0.4, 0.5) is 0 Å². The Labute approximate surface area is 169 Å². The lowest BCUT2D eigenvalue weighted by Crippen LogP contribution is -2.39. The van der Waals surface area contributed by atoms with Crippen molar-refractivity contribution in [2.24, 2.45) is 10.9 Å². The van der Waals surface area contributed by atoms with Gasteiger partial charge in [-0.2, -0.15) is 0 Å². The molecule has 0 bridgehead atoms. The third-order valence-corrected chi connectivity index (χ3v) is 3.97. The fraction of sp³-hybridized carbons (Fsp3) is 0.579. The summed E-state index contributed by atoms with van der Waals surface area (Å²) >= 11 is 0. The minimum atomic E-state index is -0.0232. The molecule has 1 amide bonds. The molecule has 1 rings (SSSR count). The van der Waals surface area contributed by atoms with Gasteiger partial charge in [-0.3, -0.25) is 9.79 Å². The summed E-state index contributed by atoms with van der Waals surface area (Å²) in [6.45, 7) is 9.61. The second-order valence-electron chi connectivity index (χ2n) is 5.80. The van der Waals surface area contributed by atoms with Crippen LogP contribution in [0.25, 0.3) is 0 Å². The van der Waals surface area contributed by atoms with Gasteiger partial charge in [0, 0.05) is 31.7 Å². The maximum absolute atomic E-state index is 11.9. The van der Waals surface area contributed by atoms with Gasteiger partial charge in [-0.15, -0.1) is 24.0 Å². The average Bonchev–Trinajstić information content (AvgIpc) is 2.62. The molecular formula is C19H33IN4O. The predicted octanol–water partition coefficient (Wildman–Crippen LogP) is 3.42. The lowest BCUT2D eigenvalue weighted by atomic mass is 10.0. The number of amides is 1. The summed E-state index contributed by atoms with van der Waals surface area (Å²) < 4.78 is 0. The molecule has 1 aromatic carbocycles. The summed E-state index contributed by atoms with van der Waals surface area (Å²) in [6.07, 6.45) is 3.17. The van der Waals surface area contributed by atoms with Crippen LogP contribution >= 0.6 is 24.0 Å². The molecule has 6 heteroatoms. The summed E-state index contributed by atoms with van der Waals surface area (Å²) in [4.78, 5) is 16.6. The molecule has 5 nitrogen and oxygen atoms in total. The molecule has 0 spiro atoms. The molecular weight excluding hydrogens is 427 g/mol. The second kappa shape index (κ2) is 15.0. The Morgan fingerprint density at radius 3 is 2.24 bits per heavy atom. The van der Waals surface area contributed by atoms with Crippen LogP contribution in [0.3, 0.4) is 0 Å². The van der Waals surface area contributed by atoms with Gasteiger partial charge in [-0.25, -0.2) is 0 Å². The highest BCUT2D eigenvalue weighted by Gasteiger charge is 2.04. The zero-order valence-corrected chi connectivity index (χ0v) is 18.0. The van der Waals surface area contributed by atoms with E-state index in [-0.39, 0.29) is 29.9 Å². The largest absolute Gasteiger partial charge is 0.357 e. The van der Waals surface area contributed by atoms with E-state index in [1.807, 2.05) is 30.3 Å². The van der Waals surface area contributed by atoms with Crippen LogP contribution in [0.1, 0.15) is 50.4 Å². The standard InChI is InChI=1S/C19H32N4O.HI/c1-4-16(5-2)15-23-19(20-6-3)22-14-10-13-21-18(24)17-11-8-7-9-12-17;/h7-9,11-12,16H,4-6,10,13-15H2,1-3H3,(H,21,24)(H2,20,22,23);1H. The van der Waals surface area contributed by atoms with Gasteiger partial charge in [0.25, 0.3) is 5.91 Å². The Morgan fingerprint density at radius 2 is 1.64 bits per heavy atom. The third kappa shape index (κ3) is 10.3. The first-order valence-corrected chi connectivity index (χ1v) is 9.06. The molecule has 142 valence electrons. The number of rotatable bonds is 10. The first-order chi connectivity index (χ1) is 11.7. The number of halogens is 1. The van der Waals surface area contributed by atoms with Gasteiger partial charge in [-0.1, -0.05) is 44.9 Å². The molecule has 0 unspecified atom stereocenters. The fourth-order valence-electron chi connectivity index (χ4n) is 2.30. The number of hydrogen-bond acceptors (Lipinski definition) is 2. The Balaban J connectivity index is 0.00000576. The quantitative estimate of drug-likeness (QED) is 0.217. The van der Waals surface area contributed by atoms with Crippen molar-refractivity contribution >= 4 is 35.8 Å². The van der Waals surface area contributed by atoms with Crippen molar-refractivity contribution in [3.05, 3.63) is 35.9 Å². The SMILES string of the molecule is CCNC(=NCC(CC)CC)NCCCNC(=O)c1ccccc1.I. The summed E-state index contributed by atoms with van der Waals surface area (Å²) in [6, 6.07) is 9.29. The predicted molar refractivity (Wildman–Crippen MR) is 117 cm³/mol. The smallest absolute Gasteiger partial charge is 0.251 e. The summed E-state index contributed by atoms with van der Waals surface area (Å²) in [5.41, 5.74) is 0.700. The molecule has 0 aliphatic carbocycles. The normalized spacial score (nSPS) is 11.0. The number of carbonyl (C=O) groups is 1. The van der Waals surface area contributed by atoms with Crippen molar-refractivity contribution in [3.63, 3.8) is 0 Å². The topological polar surface area (TPSA) is 65.5 Å². The molecule has 0 aliphatic heterocycles. The molecule has 0 atom stereocenters. The number of guanidine groups is 1. The third-order valence-electron chi connectivity index (χ3n) is 3.97. The van der Waals surface area contributed by atoms with Gasteiger partial charge in [0.15, 0.2) is 5.96 Å². The number of nitrogens with one attached hydrogen (secondary N) is 3. The molecule has 0 aliphatic rings. The molecule has 0 radical (unpaired) electrons. The van der Waals surface area contributed by atoms with Crippen molar-refractivity contribution in [2.75, 3.05) is 26.2 Å². The molecule has 3 N–H and O–H groups in total. The molecule has 0 fully saturated rings. The van der Waals surface area contributed by atoms with Gasteiger partial charge in [0.2, 0.25) is 0 Å². The maximum atomic E-state index is 11.9. The molecule has 0 saturated carbocycles. The molecule has 1 aromatic rings. The highest BCUT2D eigenvalue weighted by molar-refractivity contribution is 14.0. The monoisotopic (exact) mass is 460 g/mol. The zero-order chi connectivity index (χ0) is 17.6. The van der Waals surface area contributed by atoms with Crippen LogP contribution in [0.5, 0.6) is 0 Å².